The second-order valence-electron chi connectivity index (χ2n) is 5.93. The zero-order chi connectivity index (χ0) is 13.0. The van der Waals surface area contributed by atoms with Crippen molar-refractivity contribution in [3.05, 3.63) is 35.9 Å². The molecular formula is C16H22N2. The average molecular weight is 242 g/mol. The Morgan fingerprint density at radius 3 is 2.67 bits per heavy atom. The van der Waals surface area contributed by atoms with Crippen LogP contribution in [0, 0.1) is 16.7 Å². The van der Waals surface area contributed by atoms with Crippen LogP contribution in [0.1, 0.15) is 51.1 Å². The van der Waals surface area contributed by atoms with Gasteiger partial charge in [-0.2, -0.15) is 5.26 Å². The molecule has 2 nitrogen and oxygen atoms in total. The topological polar surface area (TPSA) is 35.8 Å². The molecule has 0 aromatic heterocycles. The Hall–Kier alpha value is -1.33. The first kappa shape index (κ1) is 13.1. The molecular weight excluding hydrogens is 220 g/mol. The third-order valence-corrected chi connectivity index (χ3v) is 4.16. The van der Waals surface area contributed by atoms with Gasteiger partial charge in [0.05, 0.1) is 12.5 Å². The Kier molecular flexibility index (Phi) is 4.04. The van der Waals surface area contributed by atoms with Crippen molar-refractivity contribution in [2.45, 2.75) is 51.6 Å². The number of nitriles is 1. The largest absolute Gasteiger partial charge is 0.306 e. The molecule has 0 amide bonds. The molecule has 2 unspecified atom stereocenters. The molecule has 2 rings (SSSR count). The third kappa shape index (κ3) is 2.91. The molecule has 0 spiro atoms. The highest BCUT2D eigenvalue weighted by atomic mass is 15.0. The van der Waals surface area contributed by atoms with Gasteiger partial charge in [0.25, 0.3) is 0 Å². The van der Waals surface area contributed by atoms with Gasteiger partial charge in [-0.25, -0.2) is 0 Å². The van der Waals surface area contributed by atoms with Crippen LogP contribution in [0.4, 0.5) is 0 Å². The van der Waals surface area contributed by atoms with Gasteiger partial charge in [-0.05, 0) is 23.8 Å². The van der Waals surface area contributed by atoms with E-state index in [-0.39, 0.29) is 6.04 Å². The second kappa shape index (κ2) is 5.54. The van der Waals surface area contributed by atoms with Gasteiger partial charge in [0.1, 0.15) is 0 Å². The predicted molar refractivity (Wildman–Crippen MR) is 74.0 cm³/mol. The predicted octanol–water partition coefficient (Wildman–Crippen LogP) is 3.81. The third-order valence-electron chi connectivity index (χ3n) is 4.16. The van der Waals surface area contributed by atoms with Crippen molar-refractivity contribution in [1.82, 2.24) is 5.32 Å². The van der Waals surface area contributed by atoms with Crippen LogP contribution < -0.4 is 5.32 Å². The van der Waals surface area contributed by atoms with Crippen molar-refractivity contribution in [1.29, 1.82) is 5.26 Å². The first-order valence-corrected chi connectivity index (χ1v) is 6.81. The summed E-state index contributed by atoms with van der Waals surface area (Å²) in [7, 11) is 0. The highest BCUT2D eigenvalue weighted by Crippen LogP contribution is 2.38. The molecule has 1 aromatic rings. The van der Waals surface area contributed by atoms with E-state index in [2.05, 4.69) is 37.4 Å². The molecule has 2 heteroatoms. The molecule has 18 heavy (non-hydrogen) atoms. The molecule has 0 radical (unpaired) electrons. The summed E-state index contributed by atoms with van der Waals surface area (Å²) in [6, 6.07) is 13.3. The maximum atomic E-state index is 9.01. The van der Waals surface area contributed by atoms with E-state index in [1.165, 1.54) is 24.8 Å². The van der Waals surface area contributed by atoms with E-state index in [1.54, 1.807) is 0 Å². The number of nitrogens with one attached hydrogen (secondary N) is 1. The Bertz CT molecular complexity index is 416. The van der Waals surface area contributed by atoms with E-state index in [4.69, 9.17) is 5.26 Å². The van der Waals surface area contributed by atoms with Crippen molar-refractivity contribution in [3.63, 3.8) is 0 Å². The van der Waals surface area contributed by atoms with Gasteiger partial charge >= 0.3 is 0 Å². The lowest BCUT2D eigenvalue weighted by Gasteiger charge is -2.31. The van der Waals surface area contributed by atoms with Crippen molar-refractivity contribution < 1.29 is 0 Å². The van der Waals surface area contributed by atoms with Crippen LogP contribution in [-0.4, -0.2) is 6.04 Å². The number of benzene rings is 1. The van der Waals surface area contributed by atoms with Crippen LogP contribution in [0.25, 0.3) is 0 Å². The maximum Gasteiger partial charge on any atom is 0.0641 e. The highest BCUT2D eigenvalue weighted by Gasteiger charge is 2.35. The minimum Gasteiger partial charge on any atom is -0.306 e. The maximum absolute atomic E-state index is 9.01. The van der Waals surface area contributed by atoms with Gasteiger partial charge in [-0.15, -0.1) is 0 Å². The summed E-state index contributed by atoms with van der Waals surface area (Å²) in [6.07, 6.45) is 4.33. The first-order chi connectivity index (χ1) is 8.63. The molecule has 96 valence electrons. The SMILES string of the molecule is CC1(C)CCCC1NC(CC#N)c1ccccc1. The monoisotopic (exact) mass is 242 g/mol. The zero-order valence-electron chi connectivity index (χ0n) is 11.3. The minimum absolute atomic E-state index is 0.165. The summed E-state index contributed by atoms with van der Waals surface area (Å²) in [5.41, 5.74) is 1.57. The fourth-order valence-corrected chi connectivity index (χ4v) is 2.93. The lowest BCUT2D eigenvalue weighted by Crippen LogP contribution is -2.39. The van der Waals surface area contributed by atoms with Crippen LogP contribution in [0.15, 0.2) is 30.3 Å². The summed E-state index contributed by atoms with van der Waals surface area (Å²) >= 11 is 0. The number of rotatable bonds is 4. The molecule has 2 atom stereocenters. The zero-order valence-corrected chi connectivity index (χ0v) is 11.3. The van der Waals surface area contributed by atoms with Crippen molar-refractivity contribution in [3.8, 4) is 6.07 Å². The molecule has 0 saturated heterocycles. The van der Waals surface area contributed by atoms with Gasteiger partial charge in [0.2, 0.25) is 0 Å². The number of nitrogens with zero attached hydrogens (tertiary/aromatic N) is 1. The molecule has 1 fully saturated rings. The summed E-state index contributed by atoms with van der Waals surface area (Å²) in [5, 5.41) is 12.7. The van der Waals surface area contributed by atoms with Crippen LogP contribution in [0.3, 0.4) is 0 Å². The van der Waals surface area contributed by atoms with E-state index in [0.717, 1.165) is 0 Å². The number of hydrogen-bond acceptors (Lipinski definition) is 2. The summed E-state index contributed by atoms with van der Waals surface area (Å²) in [6.45, 7) is 4.65. The lowest BCUT2D eigenvalue weighted by molar-refractivity contribution is 0.262. The molecule has 0 aliphatic heterocycles. The van der Waals surface area contributed by atoms with Gasteiger partial charge in [-0.3, -0.25) is 0 Å². The fourth-order valence-electron chi connectivity index (χ4n) is 2.93. The van der Waals surface area contributed by atoms with Gasteiger partial charge in [0.15, 0.2) is 0 Å². The molecule has 1 N–H and O–H groups in total. The van der Waals surface area contributed by atoms with E-state index < -0.39 is 0 Å². The lowest BCUT2D eigenvalue weighted by atomic mass is 9.86. The van der Waals surface area contributed by atoms with Crippen LogP contribution in [0.2, 0.25) is 0 Å². The molecule has 1 aliphatic rings. The smallest absolute Gasteiger partial charge is 0.0641 e. The van der Waals surface area contributed by atoms with Crippen LogP contribution >= 0.6 is 0 Å². The minimum atomic E-state index is 0.165. The van der Waals surface area contributed by atoms with Gasteiger partial charge in [0, 0.05) is 12.1 Å². The molecule has 1 aromatic carbocycles. The van der Waals surface area contributed by atoms with Gasteiger partial charge in [-0.1, -0.05) is 50.6 Å². The molecule has 0 heterocycles. The summed E-state index contributed by atoms with van der Waals surface area (Å²) < 4.78 is 0. The van der Waals surface area contributed by atoms with Crippen LogP contribution in [-0.2, 0) is 0 Å². The van der Waals surface area contributed by atoms with E-state index in [0.29, 0.717) is 17.9 Å². The Balaban J connectivity index is 2.10. The van der Waals surface area contributed by atoms with E-state index in [9.17, 15) is 0 Å². The molecule has 1 saturated carbocycles. The second-order valence-corrected chi connectivity index (χ2v) is 5.93. The summed E-state index contributed by atoms with van der Waals surface area (Å²) in [5.74, 6) is 0. The number of hydrogen-bond donors (Lipinski definition) is 1. The van der Waals surface area contributed by atoms with Crippen molar-refractivity contribution >= 4 is 0 Å². The highest BCUT2D eigenvalue weighted by molar-refractivity contribution is 5.20. The molecule has 0 bridgehead atoms. The Morgan fingerprint density at radius 1 is 1.39 bits per heavy atom. The average Bonchev–Trinajstić information content (AvgIpc) is 2.69. The van der Waals surface area contributed by atoms with Crippen LogP contribution in [0.5, 0.6) is 0 Å². The van der Waals surface area contributed by atoms with Crippen molar-refractivity contribution in [2.75, 3.05) is 0 Å². The normalized spacial score (nSPS) is 23.5. The Morgan fingerprint density at radius 2 is 2.11 bits per heavy atom. The first-order valence-electron chi connectivity index (χ1n) is 6.81. The quantitative estimate of drug-likeness (QED) is 0.871. The van der Waals surface area contributed by atoms with Gasteiger partial charge < -0.3 is 5.32 Å². The standard InChI is InChI=1S/C16H22N2/c1-16(2)11-6-9-15(16)18-14(10-12-17)13-7-4-3-5-8-13/h3-5,7-8,14-15,18H,6,9-11H2,1-2H3. The Labute approximate surface area is 110 Å². The van der Waals surface area contributed by atoms with E-state index in [1.807, 2.05) is 18.2 Å². The summed E-state index contributed by atoms with van der Waals surface area (Å²) in [4.78, 5) is 0. The van der Waals surface area contributed by atoms with Crippen molar-refractivity contribution in [2.24, 2.45) is 5.41 Å². The fraction of sp³-hybridized carbons (Fsp3) is 0.562. The van der Waals surface area contributed by atoms with E-state index >= 15 is 0 Å². The molecule has 1 aliphatic carbocycles.